The average molecular weight is 364 g/mol. The van der Waals surface area contributed by atoms with E-state index in [1.165, 1.54) is 13.8 Å². The largest absolute Gasteiger partial charge is 0.507 e. The SMILES string of the molecule is Cc1c(O)cc(O)c(C2C(O)C(c3c(O)cc(O)c(C)c3O)C2O)c1O. The van der Waals surface area contributed by atoms with Gasteiger partial charge in [0.2, 0.25) is 0 Å². The molecule has 0 aromatic heterocycles. The van der Waals surface area contributed by atoms with Gasteiger partial charge < -0.3 is 40.9 Å². The molecule has 3 rings (SSSR count). The molecule has 1 aliphatic rings. The lowest BCUT2D eigenvalue weighted by molar-refractivity contribution is -0.0811. The topological polar surface area (TPSA) is 162 Å². The number of rotatable bonds is 2. The summed E-state index contributed by atoms with van der Waals surface area (Å²) in [6, 6.07) is 1.99. The number of benzene rings is 2. The lowest BCUT2D eigenvalue weighted by Gasteiger charge is -2.47. The van der Waals surface area contributed by atoms with E-state index in [9.17, 15) is 40.9 Å². The molecule has 8 nitrogen and oxygen atoms in total. The van der Waals surface area contributed by atoms with Crippen LogP contribution in [0.15, 0.2) is 12.1 Å². The Morgan fingerprint density at radius 2 is 0.885 bits per heavy atom. The number of aliphatic hydroxyl groups excluding tert-OH is 2. The number of hydrogen-bond acceptors (Lipinski definition) is 8. The van der Waals surface area contributed by atoms with Gasteiger partial charge in [0.15, 0.2) is 0 Å². The molecule has 0 atom stereocenters. The molecular weight excluding hydrogens is 344 g/mol. The van der Waals surface area contributed by atoms with Crippen LogP contribution >= 0.6 is 0 Å². The van der Waals surface area contributed by atoms with Crippen molar-refractivity contribution in [2.75, 3.05) is 0 Å². The smallest absolute Gasteiger partial charge is 0.129 e. The van der Waals surface area contributed by atoms with Gasteiger partial charge in [0, 0.05) is 46.2 Å². The predicted molar refractivity (Wildman–Crippen MR) is 89.8 cm³/mol. The quantitative estimate of drug-likeness (QED) is 0.393. The van der Waals surface area contributed by atoms with Gasteiger partial charge in [0.1, 0.15) is 34.5 Å². The first kappa shape index (κ1) is 18.0. The van der Waals surface area contributed by atoms with Crippen LogP contribution in [0.3, 0.4) is 0 Å². The van der Waals surface area contributed by atoms with Gasteiger partial charge in [-0.15, -0.1) is 0 Å². The maximum atomic E-state index is 10.5. The van der Waals surface area contributed by atoms with E-state index in [1.807, 2.05) is 0 Å². The van der Waals surface area contributed by atoms with E-state index in [2.05, 4.69) is 0 Å². The maximum absolute atomic E-state index is 10.5. The maximum Gasteiger partial charge on any atom is 0.129 e. The zero-order valence-corrected chi connectivity index (χ0v) is 14.0. The summed E-state index contributed by atoms with van der Waals surface area (Å²) >= 11 is 0. The fourth-order valence-corrected chi connectivity index (χ4v) is 3.57. The second-order valence-corrected chi connectivity index (χ2v) is 6.64. The van der Waals surface area contributed by atoms with E-state index in [4.69, 9.17) is 0 Å². The highest BCUT2D eigenvalue weighted by Crippen LogP contribution is 2.57. The highest BCUT2D eigenvalue weighted by Gasteiger charge is 2.54. The van der Waals surface area contributed by atoms with Crippen molar-refractivity contribution in [3.63, 3.8) is 0 Å². The highest BCUT2D eigenvalue weighted by molar-refractivity contribution is 5.61. The number of phenolic OH excluding ortho intramolecular Hbond substituents is 6. The number of phenols is 6. The third kappa shape index (κ3) is 2.30. The molecule has 0 heterocycles. The Bertz CT molecular complexity index is 810. The van der Waals surface area contributed by atoms with Gasteiger partial charge >= 0.3 is 0 Å². The van der Waals surface area contributed by atoms with Crippen molar-refractivity contribution in [3.8, 4) is 34.5 Å². The molecule has 0 radical (unpaired) electrons. The lowest BCUT2D eigenvalue weighted by Crippen LogP contribution is -2.51. The van der Waals surface area contributed by atoms with E-state index < -0.39 is 47.0 Å². The molecule has 26 heavy (non-hydrogen) atoms. The van der Waals surface area contributed by atoms with E-state index in [-0.39, 0.29) is 33.8 Å². The summed E-state index contributed by atoms with van der Waals surface area (Å²) in [7, 11) is 0. The Morgan fingerprint density at radius 1 is 0.577 bits per heavy atom. The molecule has 2 aromatic rings. The Morgan fingerprint density at radius 3 is 1.19 bits per heavy atom. The minimum atomic E-state index is -1.36. The highest BCUT2D eigenvalue weighted by atomic mass is 16.3. The zero-order valence-electron chi connectivity index (χ0n) is 14.0. The first-order chi connectivity index (χ1) is 12.1. The van der Waals surface area contributed by atoms with Crippen LogP contribution < -0.4 is 0 Å². The molecule has 0 aliphatic heterocycles. The Balaban J connectivity index is 2.05. The van der Waals surface area contributed by atoms with Gasteiger partial charge in [-0.2, -0.15) is 0 Å². The van der Waals surface area contributed by atoms with Crippen molar-refractivity contribution in [1.82, 2.24) is 0 Å². The summed E-state index contributed by atoms with van der Waals surface area (Å²) in [4.78, 5) is 0. The second-order valence-electron chi connectivity index (χ2n) is 6.64. The molecule has 8 heteroatoms. The van der Waals surface area contributed by atoms with Gasteiger partial charge in [0.25, 0.3) is 0 Å². The minimum absolute atomic E-state index is 0.0758. The zero-order chi connectivity index (χ0) is 19.5. The van der Waals surface area contributed by atoms with Crippen LogP contribution in [0.2, 0.25) is 0 Å². The van der Waals surface area contributed by atoms with Gasteiger partial charge in [-0.3, -0.25) is 0 Å². The van der Waals surface area contributed by atoms with Crippen LogP contribution in [0.4, 0.5) is 0 Å². The van der Waals surface area contributed by atoms with E-state index >= 15 is 0 Å². The van der Waals surface area contributed by atoms with Crippen molar-refractivity contribution in [2.45, 2.75) is 37.9 Å². The summed E-state index contributed by atoms with van der Waals surface area (Å²) < 4.78 is 0. The summed E-state index contributed by atoms with van der Waals surface area (Å²) in [6.45, 7) is 2.81. The molecule has 0 spiro atoms. The minimum Gasteiger partial charge on any atom is -0.507 e. The normalized spacial score (nSPS) is 25.1. The molecule has 8 N–H and O–H groups in total. The van der Waals surface area contributed by atoms with Crippen molar-refractivity contribution in [1.29, 1.82) is 0 Å². The van der Waals surface area contributed by atoms with Crippen LogP contribution in [0.5, 0.6) is 34.5 Å². The summed E-state index contributed by atoms with van der Waals surface area (Å²) in [5.74, 6) is -4.80. The summed E-state index contributed by atoms with van der Waals surface area (Å²) in [6.07, 6.45) is -2.71. The number of hydrogen-bond donors (Lipinski definition) is 8. The van der Waals surface area contributed by atoms with Crippen molar-refractivity contribution >= 4 is 0 Å². The molecule has 0 amide bonds. The Hall–Kier alpha value is -2.84. The molecule has 140 valence electrons. The lowest BCUT2D eigenvalue weighted by atomic mass is 9.62. The standard InChI is InChI=1S/C18H20O8/c1-5-7(19)3-9(21)11(15(5)23)13-17(25)14(18(13)26)12-10(22)4-8(20)6(2)16(12)24/h3-4,13-14,17-26H,1-2H3. The number of aromatic hydroxyl groups is 6. The molecule has 1 saturated carbocycles. The van der Waals surface area contributed by atoms with Gasteiger partial charge in [-0.25, -0.2) is 0 Å². The number of aliphatic hydroxyl groups is 2. The summed E-state index contributed by atoms with van der Waals surface area (Å²) in [5.41, 5.74) is -0.115. The van der Waals surface area contributed by atoms with Crippen molar-refractivity contribution in [3.05, 3.63) is 34.4 Å². The van der Waals surface area contributed by atoms with Gasteiger partial charge in [-0.1, -0.05) is 0 Å². The molecular formula is C18H20O8. The third-order valence-electron chi connectivity index (χ3n) is 5.23. The molecule has 0 unspecified atom stereocenters. The van der Waals surface area contributed by atoms with Gasteiger partial charge in [-0.05, 0) is 13.8 Å². The Kier molecular flexibility index (Phi) is 4.05. The second kappa shape index (κ2) is 5.86. The fourth-order valence-electron chi connectivity index (χ4n) is 3.57. The van der Waals surface area contributed by atoms with Crippen LogP contribution in [0.25, 0.3) is 0 Å². The fraction of sp³-hybridized carbons (Fsp3) is 0.333. The van der Waals surface area contributed by atoms with Gasteiger partial charge in [0.05, 0.1) is 12.2 Å². The van der Waals surface area contributed by atoms with E-state index in [0.29, 0.717) is 0 Å². The van der Waals surface area contributed by atoms with Crippen molar-refractivity contribution < 1.29 is 40.9 Å². The first-order valence-electron chi connectivity index (χ1n) is 7.92. The third-order valence-corrected chi connectivity index (χ3v) is 5.23. The van der Waals surface area contributed by atoms with E-state index in [0.717, 1.165) is 12.1 Å². The van der Waals surface area contributed by atoms with Crippen LogP contribution in [-0.4, -0.2) is 53.1 Å². The first-order valence-corrected chi connectivity index (χ1v) is 7.92. The van der Waals surface area contributed by atoms with Crippen LogP contribution in [-0.2, 0) is 0 Å². The Labute approximate surface area is 148 Å². The summed E-state index contributed by atoms with van der Waals surface area (Å²) in [5, 5.41) is 80.8. The molecule has 0 saturated heterocycles. The predicted octanol–water partition coefficient (Wildman–Crippen LogP) is 1.14. The molecule has 1 aliphatic carbocycles. The van der Waals surface area contributed by atoms with Crippen LogP contribution in [0, 0.1) is 13.8 Å². The van der Waals surface area contributed by atoms with E-state index in [1.54, 1.807) is 0 Å². The molecule has 1 fully saturated rings. The molecule has 0 bridgehead atoms. The average Bonchev–Trinajstić information content (AvgIpc) is 2.58. The monoisotopic (exact) mass is 364 g/mol. The molecule has 2 aromatic carbocycles. The van der Waals surface area contributed by atoms with Crippen LogP contribution in [0.1, 0.15) is 34.1 Å². The van der Waals surface area contributed by atoms with Crippen molar-refractivity contribution in [2.24, 2.45) is 0 Å².